The molecule has 204 valence electrons. The lowest BCUT2D eigenvalue weighted by Gasteiger charge is -2.20. The Morgan fingerprint density at radius 2 is 1.74 bits per heavy atom. The fourth-order valence-electron chi connectivity index (χ4n) is 5.10. The highest BCUT2D eigenvalue weighted by molar-refractivity contribution is 6.10. The van der Waals surface area contributed by atoms with Gasteiger partial charge in [0.25, 0.3) is 0 Å². The lowest BCUT2D eigenvalue weighted by Crippen LogP contribution is -2.11. The van der Waals surface area contributed by atoms with Gasteiger partial charge in [0.2, 0.25) is 0 Å². The zero-order valence-electron chi connectivity index (χ0n) is 24.0. The maximum atomic E-state index is 13.6. The first-order chi connectivity index (χ1) is 18.3. The van der Waals surface area contributed by atoms with Gasteiger partial charge in [-0.25, -0.2) is 0 Å². The number of nitrogens with one attached hydrogen (secondary N) is 1. The monoisotopic (exact) mass is 516 g/mol. The van der Waals surface area contributed by atoms with Gasteiger partial charge >= 0.3 is 5.97 Å². The van der Waals surface area contributed by atoms with Crippen LogP contribution >= 0.6 is 0 Å². The van der Waals surface area contributed by atoms with Gasteiger partial charge in [-0.15, -0.1) is 0 Å². The van der Waals surface area contributed by atoms with Crippen molar-refractivity contribution >= 4 is 17.4 Å². The maximum Gasteiger partial charge on any atom is 0.305 e. The van der Waals surface area contributed by atoms with Crippen molar-refractivity contribution in [2.24, 2.45) is 13.0 Å². The van der Waals surface area contributed by atoms with E-state index < -0.39 is 0 Å². The van der Waals surface area contributed by atoms with Crippen LogP contribution in [0.5, 0.6) is 0 Å². The first-order valence-corrected chi connectivity index (χ1v) is 14.1. The molecule has 1 N–H and O–H groups in total. The summed E-state index contributed by atoms with van der Waals surface area (Å²) >= 11 is 0. The zero-order chi connectivity index (χ0) is 27.7. The minimum Gasteiger partial charge on any atom is -0.466 e. The van der Waals surface area contributed by atoms with Gasteiger partial charge in [-0.2, -0.15) is 0 Å². The van der Waals surface area contributed by atoms with E-state index in [1.165, 1.54) is 11.1 Å². The second-order valence-electron chi connectivity index (χ2n) is 10.4. The fourth-order valence-corrected chi connectivity index (χ4v) is 5.10. The molecule has 0 radical (unpaired) electrons. The Kier molecular flexibility index (Phi) is 10.8. The van der Waals surface area contributed by atoms with Crippen LogP contribution in [0.4, 0.5) is 5.69 Å². The molecule has 1 heterocycles. The second-order valence-corrected chi connectivity index (χ2v) is 10.4. The molecule has 5 heteroatoms. The molecule has 1 unspecified atom stereocenters. The van der Waals surface area contributed by atoms with Crippen molar-refractivity contribution in [2.75, 3.05) is 11.9 Å². The number of aryl methyl sites for hydroxylation is 1. The summed E-state index contributed by atoms with van der Waals surface area (Å²) in [5.41, 5.74) is 7.06. The van der Waals surface area contributed by atoms with E-state index in [2.05, 4.69) is 61.8 Å². The number of carbonyl (C=O) groups excluding carboxylic acids is 2. The van der Waals surface area contributed by atoms with E-state index in [0.717, 1.165) is 48.3 Å². The largest absolute Gasteiger partial charge is 0.466 e. The molecule has 0 bridgehead atoms. The van der Waals surface area contributed by atoms with Crippen molar-refractivity contribution in [3.8, 4) is 0 Å². The number of ketones is 1. The highest BCUT2D eigenvalue weighted by atomic mass is 16.5. The molecule has 0 saturated carbocycles. The number of esters is 1. The molecular weight excluding hydrogens is 472 g/mol. The van der Waals surface area contributed by atoms with E-state index in [4.69, 9.17) is 4.74 Å². The number of anilines is 1. The number of rotatable bonds is 14. The summed E-state index contributed by atoms with van der Waals surface area (Å²) in [5.74, 6) is 0.499. The minimum atomic E-state index is -0.171. The van der Waals surface area contributed by atoms with Crippen molar-refractivity contribution < 1.29 is 14.3 Å². The van der Waals surface area contributed by atoms with Gasteiger partial charge in [0.05, 0.1) is 12.6 Å². The van der Waals surface area contributed by atoms with Crippen LogP contribution in [-0.4, -0.2) is 22.9 Å². The Morgan fingerprint density at radius 3 is 2.37 bits per heavy atom. The van der Waals surface area contributed by atoms with Crippen LogP contribution < -0.4 is 5.32 Å². The molecule has 38 heavy (non-hydrogen) atoms. The Bertz CT molecular complexity index is 1210. The summed E-state index contributed by atoms with van der Waals surface area (Å²) in [7, 11) is 2.01. The van der Waals surface area contributed by atoms with Gasteiger partial charge in [0, 0.05) is 41.7 Å². The molecule has 3 rings (SSSR count). The lowest BCUT2D eigenvalue weighted by atomic mass is 9.98. The molecule has 0 aliphatic carbocycles. The molecule has 3 aromatic rings. The third-order valence-corrected chi connectivity index (χ3v) is 7.06. The molecule has 0 aliphatic rings. The quantitative estimate of drug-likeness (QED) is 0.178. The highest BCUT2D eigenvalue weighted by Gasteiger charge is 2.20. The number of ether oxygens (including phenoxy) is 1. The van der Waals surface area contributed by atoms with Crippen LogP contribution in [0.3, 0.4) is 0 Å². The van der Waals surface area contributed by atoms with Crippen LogP contribution in [0.25, 0.3) is 0 Å². The van der Waals surface area contributed by atoms with E-state index in [9.17, 15) is 9.59 Å². The second kappa shape index (κ2) is 14.0. The molecule has 0 amide bonds. The number of hydrogen-bond acceptors (Lipinski definition) is 4. The minimum absolute atomic E-state index is 0.0313. The average Bonchev–Trinajstić information content (AvgIpc) is 3.22. The summed E-state index contributed by atoms with van der Waals surface area (Å²) in [6.07, 6.45) is 4.60. The zero-order valence-corrected chi connectivity index (χ0v) is 24.0. The Balaban J connectivity index is 1.75. The predicted octanol–water partition coefficient (Wildman–Crippen LogP) is 7.47. The number of hydrogen-bond donors (Lipinski definition) is 1. The summed E-state index contributed by atoms with van der Waals surface area (Å²) < 4.78 is 7.15. The van der Waals surface area contributed by atoms with Crippen molar-refractivity contribution in [3.05, 3.63) is 88.2 Å². The third kappa shape index (κ3) is 7.59. The van der Waals surface area contributed by atoms with Gasteiger partial charge in [-0.1, -0.05) is 64.1 Å². The van der Waals surface area contributed by atoms with Gasteiger partial charge in [0.1, 0.15) is 0 Å². The van der Waals surface area contributed by atoms with E-state index in [1.807, 2.05) is 44.3 Å². The van der Waals surface area contributed by atoms with E-state index >= 15 is 0 Å². The average molecular weight is 517 g/mol. The van der Waals surface area contributed by atoms with Crippen molar-refractivity contribution in [2.45, 2.75) is 79.2 Å². The third-order valence-electron chi connectivity index (χ3n) is 7.06. The molecule has 0 spiro atoms. The van der Waals surface area contributed by atoms with Crippen molar-refractivity contribution in [3.63, 3.8) is 0 Å². The van der Waals surface area contributed by atoms with Crippen molar-refractivity contribution in [1.29, 1.82) is 0 Å². The van der Waals surface area contributed by atoms with Gasteiger partial charge in [-0.3, -0.25) is 9.59 Å². The van der Waals surface area contributed by atoms with E-state index in [0.29, 0.717) is 30.9 Å². The molecule has 0 aliphatic heterocycles. The topological polar surface area (TPSA) is 60.3 Å². The lowest BCUT2D eigenvalue weighted by molar-refractivity contribution is -0.143. The van der Waals surface area contributed by atoms with Crippen LogP contribution in [0.15, 0.2) is 54.6 Å². The van der Waals surface area contributed by atoms with Gasteiger partial charge in [-0.05, 0) is 74.3 Å². The number of nitrogens with zero attached hydrogens (tertiary/aromatic N) is 1. The summed E-state index contributed by atoms with van der Waals surface area (Å²) in [4.78, 5) is 25.4. The van der Waals surface area contributed by atoms with Crippen LogP contribution in [-0.2, 0) is 35.8 Å². The Morgan fingerprint density at radius 1 is 1.00 bits per heavy atom. The molecular formula is C33H44N2O3. The SMILES string of the molecule is CCOC(=O)CCCc1cc(C(=O)c2cccc(NC(CC)c3ccc(CC(C)C)cc3)c2)c(CC)n1C. The van der Waals surface area contributed by atoms with Gasteiger partial charge < -0.3 is 14.6 Å². The van der Waals surface area contributed by atoms with Crippen LogP contribution in [0.1, 0.15) is 98.4 Å². The summed E-state index contributed by atoms with van der Waals surface area (Å²) in [6.45, 7) is 11.0. The maximum absolute atomic E-state index is 13.6. The summed E-state index contributed by atoms with van der Waals surface area (Å²) in [5, 5.41) is 3.64. The van der Waals surface area contributed by atoms with E-state index in [-0.39, 0.29) is 17.8 Å². The molecule has 5 nitrogen and oxygen atoms in total. The highest BCUT2D eigenvalue weighted by Crippen LogP contribution is 2.26. The molecule has 0 saturated heterocycles. The first-order valence-electron chi connectivity index (χ1n) is 14.1. The number of carbonyl (C=O) groups is 2. The molecule has 2 aromatic carbocycles. The fraction of sp³-hybridized carbons (Fsp3) is 0.455. The Labute approximate surface area is 228 Å². The normalized spacial score (nSPS) is 12.0. The molecule has 0 fully saturated rings. The smallest absolute Gasteiger partial charge is 0.305 e. The predicted molar refractivity (Wildman–Crippen MR) is 156 cm³/mol. The molecule has 1 aromatic heterocycles. The first kappa shape index (κ1) is 29.2. The van der Waals surface area contributed by atoms with Gasteiger partial charge in [0.15, 0.2) is 5.78 Å². The van der Waals surface area contributed by atoms with Crippen LogP contribution in [0, 0.1) is 5.92 Å². The summed E-state index contributed by atoms with van der Waals surface area (Å²) in [6, 6.07) is 18.9. The number of benzene rings is 2. The van der Waals surface area contributed by atoms with E-state index in [1.54, 1.807) is 0 Å². The number of aromatic nitrogens is 1. The van der Waals surface area contributed by atoms with Crippen molar-refractivity contribution in [1.82, 2.24) is 4.57 Å². The molecule has 1 atom stereocenters. The standard InChI is InChI=1S/C33H44N2O3/c1-7-30(25-18-16-24(17-19-25)20-23(4)5)34-27-13-10-12-26(21-27)33(37)29-22-28(35(6)31(29)8-2)14-11-15-32(36)38-9-3/h10,12-13,16-19,21-23,30,34H,7-9,11,14-15,20H2,1-6H3. The van der Waals surface area contributed by atoms with Crippen LogP contribution in [0.2, 0.25) is 0 Å². The Hall–Kier alpha value is -3.34.